The number of likely N-dealkylation sites (tertiary alicyclic amines) is 1. The minimum Gasteiger partial charge on any atom is -0.496 e. The predicted molar refractivity (Wildman–Crippen MR) is 184 cm³/mol. The number of imide groups is 2. The number of rotatable bonds is 10. The Morgan fingerprint density at radius 2 is 1.72 bits per heavy atom. The van der Waals surface area contributed by atoms with Crippen LogP contribution >= 0.6 is 0 Å². The summed E-state index contributed by atoms with van der Waals surface area (Å²) in [6.45, 7) is 2.63. The Bertz CT molecular complexity index is 2100. The zero-order valence-electron chi connectivity index (χ0n) is 28.4. The molecule has 2 saturated heterocycles. The summed E-state index contributed by atoms with van der Waals surface area (Å²) < 4.78 is 13.4. The Balaban J connectivity index is 1.07. The summed E-state index contributed by atoms with van der Waals surface area (Å²) in [4.78, 5) is 73.5. The highest BCUT2D eigenvalue weighted by Crippen LogP contribution is 2.39. The Morgan fingerprint density at radius 1 is 0.960 bits per heavy atom. The van der Waals surface area contributed by atoms with E-state index in [0.29, 0.717) is 47.6 Å². The number of nitrogens with one attached hydrogen (secondary N) is 1. The minimum atomic E-state index is -1.00. The highest BCUT2D eigenvalue weighted by molar-refractivity contribution is 6.24. The number of fused-ring (bicyclic) bond motifs is 2. The number of amides is 4. The average Bonchev–Trinajstić information content (AvgIpc) is 3.36. The molecule has 4 aromatic rings. The van der Waals surface area contributed by atoms with E-state index >= 15 is 0 Å². The van der Waals surface area contributed by atoms with Crippen LogP contribution in [0.4, 0.5) is 0 Å². The first kappa shape index (κ1) is 33.1. The lowest BCUT2D eigenvalue weighted by atomic mass is 9.96. The molecular weight excluding hydrogens is 640 g/mol. The number of carbonyl (C=O) groups is 4. The second-order valence-corrected chi connectivity index (χ2v) is 13.1. The smallest absolute Gasteiger partial charge is 0.262 e. The fourth-order valence-electron chi connectivity index (χ4n) is 7.38. The number of benzene rings is 2. The van der Waals surface area contributed by atoms with Gasteiger partial charge in [0.05, 0.1) is 36.3 Å². The molecular formula is C37H38N6O7. The average molecular weight is 679 g/mol. The molecule has 2 unspecified atom stereocenters. The summed E-state index contributed by atoms with van der Waals surface area (Å²) in [5.41, 5.74) is 3.83. The van der Waals surface area contributed by atoms with Gasteiger partial charge in [-0.15, -0.1) is 0 Å². The predicted octanol–water partition coefficient (Wildman–Crippen LogP) is 2.73. The molecule has 4 amide bonds. The van der Waals surface area contributed by atoms with E-state index in [2.05, 4.69) is 20.1 Å². The third-order valence-corrected chi connectivity index (χ3v) is 10.0. The first-order valence-electron chi connectivity index (χ1n) is 16.5. The lowest BCUT2D eigenvalue weighted by Crippen LogP contribution is -2.54. The van der Waals surface area contributed by atoms with E-state index in [1.807, 2.05) is 37.5 Å². The van der Waals surface area contributed by atoms with Crippen LogP contribution in [0.25, 0.3) is 21.9 Å². The molecule has 7 rings (SSSR count). The Hall–Kier alpha value is -5.40. The van der Waals surface area contributed by atoms with Crippen molar-refractivity contribution in [2.45, 2.75) is 44.4 Å². The SMILES string of the molecule is COc1cc(-c2cn(C)c(=O)c3cnccc23)cc(OC)c1CN1CCC1CN(C)Cc1cccc2c1C(=O)N(C1CCC(=O)NC1=O)C2=O. The molecule has 0 saturated carbocycles. The van der Waals surface area contributed by atoms with Crippen LogP contribution in [-0.4, -0.2) is 94.3 Å². The number of aromatic nitrogens is 2. The number of nitrogens with zero attached hydrogens (tertiary/aromatic N) is 5. The molecule has 1 N–H and O–H groups in total. The summed E-state index contributed by atoms with van der Waals surface area (Å²) in [7, 11) is 6.98. The molecule has 3 aliphatic heterocycles. The number of likely N-dealkylation sites (N-methyl/N-ethyl adjacent to an activating group) is 1. The van der Waals surface area contributed by atoms with Gasteiger partial charge in [0.25, 0.3) is 17.4 Å². The number of aryl methyl sites for hydroxylation is 1. The summed E-state index contributed by atoms with van der Waals surface area (Å²) >= 11 is 0. The van der Waals surface area contributed by atoms with Gasteiger partial charge < -0.3 is 18.9 Å². The Labute approximate surface area is 288 Å². The van der Waals surface area contributed by atoms with Gasteiger partial charge in [0.15, 0.2) is 0 Å². The van der Waals surface area contributed by atoms with Crippen LogP contribution in [0.2, 0.25) is 0 Å². The van der Waals surface area contributed by atoms with Crippen molar-refractivity contribution in [2.75, 3.05) is 34.4 Å². The molecule has 0 aliphatic carbocycles. The van der Waals surface area contributed by atoms with Crippen LogP contribution in [0.1, 0.15) is 51.1 Å². The van der Waals surface area contributed by atoms with Crippen LogP contribution in [0.5, 0.6) is 11.5 Å². The lowest BCUT2D eigenvalue weighted by Gasteiger charge is -2.43. The van der Waals surface area contributed by atoms with Crippen molar-refractivity contribution in [1.82, 2.24) is 29.6 Å². The second-order valence-electron chi connectivity index (χ2n) is 13.1. The van der Waals surface area contributed by atoms with Gasteiger partial charge in [0.1, 0.15) is 17.5 Å². The van der Waals surface area contributed by atoms with E-state index < -0.39 is 29.7 Å². The largest absolute Gasteiger partial charge is 0.496 e. The molecule has 2 atom stereocenters. The van der Waals surface area contributed by atoms with Crippen LogP contribution in [0.15, 0.2) is 59.8 Å². The maximum Gasteiger partial charge on any atom is 0.262 e. The number of methoxy groups -OCH3 is 2. The van der Waals surface area contributed by atoms with E-state index in [0.717, 1.165) is 39.9 Å². The molecule has 13 heteroatoms. The Kier molecular flexibility index (Phi) is 8.70. The zero-order chi connectivity index (χ0) is 35.3. The van der Waals surface area contributed by atoms with E-state index in [1.54, 1.807) is 50.4 Å². The number of pyridine rings is 2. The van der Waals surface area contributed by atoms with Crippen molar-refractivity contribution >= 4 is 34.4 Å². The number of carbonyl (C=O) groups excluding carboxylic acids is 4. The quantitative estimate of drug-likeness (QED) is 0.249. The van der Waals surface area contributed by atoms with E-state index in [1.165, 1.54) is 0 Å². The van der Waals surface area contributed by atoms with Crippen molar-refractivity contribution in [2.24, 2.45) is 7.05 Å². The van der Waals surface area contributed by atoms with Gasteiger partial charge in [-0.1, -0.05) is 12.1 Å². The van der Waals surface area contributed by atoms with Crippen LogP contribution in [0.3, 0.4) is 0 Å². The molecule has 0 bridgehead atoms. The van der Waals surface area contributed by atoms with Gasteiger partial charge in [0, 0.05) is 69.8 Å². The minimum absolute atomic E-state index is 0.0729. The maximum atomic E-state index is 13.6. The molecule has 0 spiro atoms. The third kappa shape index (κ3) is 5.71. The van der Waals surface area contributed by atoms with Crippen LogP contribution in [0, 0.1) is 0 Å². The van der Waals surface area contributed by atoms with Crippen molar-refractivity contribution in [1.29, 1.82) is 0 Å². The highest BCUT2D eigenvalue weighted by atomic mass is 16.5. The van der Waals surface area contributed by atoms with Gasteiger partial charge in [-0.25, -0.2) is 0 Å². The highest BCUT2D eigenvalue weighted by Gasteiger charge is 2.45. The van der Waals surface area contributed by atoms with Crippen molar-refractivity contribution in [3.05, 3.63) is 87.6 Å². The topological polar surface area (TPSA) is 143 Å². The first-order chi connectivity index (χ1) is 24.1. The molecule has 0 radical (unpaired) electrons. The molecule has 258 valence electrons. The fraction of sp³-hybridized carbons (Fsp3) is 0.351. The normalized spacial score (nSPS) is 19.2. The van der Waals surface area contributed by atoms with Gasteiger partial charge in [0.2, 0.25) is 11.8 Å². The van der Waals surface area contributed by atoms with Crippen molar-refractivity contribution in [3.63, 3.8) is 0 Å². The van der Waals surface area contributed by atoms with Crippen LogP contribution in [-0.2, 0) is 29.7 Å². The number of ether oxygens (including phenoxy) is 2. The molecule has 2 fully saturated rings. The number of hydrogen-bond donors (Lipinski definition) is 1. The zero-order valence-corrected chi connectivity index (χ0v) is 28.4. The molecule has 50 heavy (non-hydrogen) atoms. The van der Waals surface area contributed by atoms with Gasteiger partial charge >= 0.3 is 0 Å². The summed E-state index contributed by atoms with van der Waals surface area (Å²) in [6, 6.07) is 10.2. The van der Waals surface area contributed by atoms with Gasteiger partial charge in [-0.3, -0.25) is 44.1 Å². The van der Waals surface area contributed by atoms with E-state index in [-0.39, 0.29) is 30.0 Å². The number of piperidine rings is 1. The summed E-state index contributed by atoms with van der Waals surface area (Å²) in [6.07, 6.45) is 6.25. The molecule has 2 aromatic heterocycles. The first-order valence-corrected chi connectivity index (χ1v) is 16.5. The lowest BCUT2D eigenvalue weighted by molar-refractivity contribution is -0.136. The maximum absolute atomic E-state index is 13.6. The molecule has 3 aliphatic rings. The third-order valence-electron chi connectivity index (χ3n) is 10.0. The summed E-state index contributed by atoms with van der Waals surface area (Å²) in [5, 5.41) is 3.57. The monoisotopic (exact) mass is 678 g/mol. The van der Waals surface area contributed by atoms with E-state index in [4.69, 9.17) is 9.47 Å². The van der Waals surface area contributed by atoms with Crippen molar-refractivity contribution < 1.29 is 28.7 Å². The second kappa shape index (κ2) is 13.1. The Morgan fingerprint density at radius 3 is 2.40 bits per heavy atom. The standard InChI is InChI=1S/C37H38N6O7/c1-40(17-21-6-5-7-25-33(21)37(48)43(36(25)47)29-8-9-32(44)39-34(29)45)18-23-11-13-42(23)20-28-30(49-3)14-22(15-31(28)50-4)27-19-41(2)35(46)26-16-38-12-10-24(26)27/h5-7,10,12,14-16,19,23,29H,8-9,11,13,17-18,20H2,1-4H3,(H,39,44,45). The van der Waals surface area contributed by atoms with Gasteiger partial charge in [-0.05, 0) is 60.7 Å². The molecule has 13 nitrogen and oxygen atoms in total. The van der Waals surface area contributed by atoms with Crippen molar-refractivity contribution in [3.8, 4) is 22.6 Å². The van der Waals surface area contributed by atoms with E-state index in [9.17, 15) is 24.0 Å². The number of hydrogen-bond acceptors (Lipinski definition) is 10. The summed E-state index contributed by atoms with van der Waals surface area (Å²) in [5.74, 6) is -0.683. The van der Waals surface area contributed by atoms with Crippen LogP contribution < -0.4 is 20.3 Å². The molecule has 2 aromatic carbocycles. The van der Waals surface area contributed by atoms with Gasteiger partial charge in [-0.2, -0.15) is 0 Å². The fourth-order valence-corrected chi connectivity index (χ4v) is 7.38. The molecule has 5 heterocycles.